The van der Waals surface area contributed by atoms with E-state index in [2.05, 4.69) is 5.32 Å². The number of rotatable bonds is 13. The molecule has 0 fully saturated rings. The van der Waals surface area contributed by atoms with Gasteiger partial charge in [-0.15, -0.1) is 0 Å². The van der Waals surface area contributed by atoms with Gasteiger partial charge in [0.2, 0.25) is 11.8 Å². The molecular weight excluding hydrogens is 594 g/mol. The molecule has 9 heteroatoms. The molecule has 0 radical (unpaired) electrons. The van der Waals surface area contributed by atoms with Crippen LogP contribution in [0.3, 0.4) is 0 Å². The van der Waals surface area contributed by atoms with E-state index in [1.807, 2.05) is 74.5 Å². The lowest BCUT2D eigenvalue weighted by Gasteiger charge is -2.34. The van der Waals surface area contributed by atoms with Crippen LogP contribution in [-0.2, 0) is 32.6 Å². The number of nitrogens with one attached hydrogen (secondary N) is 1. The van der Waals surface area contributed by atoms with E-state index in [0.29, 0.717) is 22.8 Å². The second-order valence-electron chi connectivity index (χ2n) is 10.7. The molecule has 0 saturated carbocycles. The number of sulfonamides is 1. The topological polar surface area (TPSA) is 86.8 Å². The maximum absolute atomic E-state index is 14.5. The lowest BCUT2D eigenvalue weighted by molar-refractivity contribution is -0.140. The van der Waals surface area contributed by atoms with E-state index in [1.165, 1.54) is 17.0 Å². The van der Waals surface area contributed by atoms with Gasteiger partial charge in [-0.05, 0) is 61.2 Å². The highest BCUT2D eigenvalue weighted by Crippen LogP contribution is 2.31. The van der Waals surface area contributed by atoms with Crippen molar-refractivity contribution in [1.29, 1.82) is 0 Å². The molecule has 0 aliphatic carbocycles. The third-order valence-electron chi connectivity index (χ3n) is 7.41. The van der Waals surface area contributed by atoms with E-state index in [4.69, 9.17) is 11.6 Å². The standard InChI is InChI=1S/C35H38ClN3O4S/c1-4-22-37-35(41)33(23-28-12-7-5-8-13-28)38(24-29-14-9-6-10-15-29)34(40)25-39(32-17-11-16-31(36)27(32)3)44(42,43)30-20-18-26(2)19-21-30/h5-21,33H,4,22-25H2,1-3H3,(H,37,41)/t33-/m1/s1. The first kappa shape index (κ1) is 32.8. The number of carbonyl (C=O) groups is 2. The zero-order valence-electron chi connectivity index (χ0n) is 25.2. The van der Waals surface area contributed by atoms with Crippen molar-refractivity contribution in [3.63, 3.8) is 0 Å². The molecule has 0 bridgehead atoms. The lowest BCUT2D eigenvalue weighted by Crippen LogP contribution is -2.53. The first-order valence-electron chi connectivity index (χ1n) is 14.6. The average molecular weight is 632 g/mol. The summed E-state index contributed by atoms with van der Waals surface area (Å²) in [7, 11) is -4.20. The van der Waals surface area contributed by atoms with Gasteiger partial charge in [-0.2, -0.15) is 0 Å². The van der Waals surface area contributed by atoms with Gasteiger partial charge in [0, 0.05) is 24.5 Å². The maximum Gasteiger partial charge on any atom is 0.264 e. The molecule has 0 unspecified atom stereocenters. The normalized spacial score (nSPS) is 11.9. The van der Waals surface area contributed by atoms with Gasteiger partial charge in [-0.3, -0.25) is 13.9 Å². The highest BCUT2D eigenvalue weighted by Gasteiger charge is 2.35. The third-order valence-corrected chi connectivity index (χ3v) is 9.60. The second kappa shape index (κ2) is 15.0. The molecule has 0 saturated heterocycles. The van der Waals surface area contributed by atoms with Crippen LogP contribution in [0.1, 0.15) is 35.6 Å². The molecule has 4 aromatic carbocycles. The summed E-state index contributed by atoms with van der Waals surface area (Å²) >= 11 is 6.44. The summed E-state index contributed by atoms with van der Waals surface area (Å²) in [5.41, 5.74) is 3.41. The van der Waals surface area contributed by atoms with Crippen LogP contribution in [0.5, 0.6) is 0 Å². The molecule has 44 heavy (non-hydrogen) atoms. The van der Waals surface area contributed by atoms with Crippen molar-refractivity contribution in [2.24, 2.45) is 0 Å². The number of halogens is 1. The molecule has 230 valence electrons. The van der Waals surface area contributed by atoms with Crippen LogP contribution < -0.4 is 9.62 Å². The van der Waals surface area contributed by atoms with Crippen LogP contribution in [0.15, 0.2) is 108 Å². The van der Waals surface area contributed by atoms with E-state index in [9.17, 15) is 18.0 Å². The molecule has 2 amide bonds. The predicted molar refractivity (Wildman–Crippen MR) is 176 cm³/mol. The van der Waals surface area contributed by atoms with E-state index < -0.39 is 28.5 Å². The van der Waals surface area contributed by atoms with Crippen LogP contribution in [0.4, 0.5) is 5.69 Å². The quantitative estimate of drug-likeness (QED) is 0.187. The highest BCUT2D eigenvalue weighted by molar-refractivity contribution is 7.92. The lowest BCUT2D eigenvalue weighted by atomic mass is 10.0. The Hall–Kier alpha value is -4.14. The molecule has 1 N–H and O–H groups in total. The molecule has 0 aliphatic heterocycles. The largest absolute Gasteiger partial charge is 0.354 e. The summed E-state index contributed by atoms with van der Waals surface area (Å²) in [5, 5.41) is 3.33. The Morgan fingerprint density at radius 1 is 0.818 bits per heavy atom. The molecule has 0 heterocycles. The Morgan fingerprint density at radius 3 is 2.05 bits per heavy atom. The number of hydrogen-bond acceptors (Lipinski definition) is 4. The van der Waals surface area contributed by atoms with E-state index in [0.717, 1.165) is 27.4 Å². The van der Waals surface area contributed by atoms with Crippen LogP contribution in [-0.4, -0.2) is 44.3 Å². The number of hydrogen-bond donors (Lipinski definition) is 1. The fourth-order valence-electron chi connectivity index (χ4n) is 4.92. The summed E-state index contributed by atoms with van der Waals surface area (Å²) < 4.78 is 29.5. The Bertz CT molecular complexity index is 1660. The van der Waals surface area contributed by atoms with Gasteiger partial charge in [-0.25, -0.2) is 8.42 Å². The second-order valence-corrected chi connectivity index (χ2v) is 13.0. The minimum Gasteiger partial charge on any atom is -0.354 e. The first-order valence-corrected chi connectivity index (χ1v) is 16.4. The van der Waals surface area contributed by atoms with Crippen LogP contribution in [0.2, 0.25) is 5.02 Å². The summed E-state index contributed by atoms with van der Waals surface area (Å²) in [6.45, 7) is 5.59. The molecule has 0 spiro atoms. The number of amides is 2. The minimum absolute atomic E-state index is 0.0476. The average Bonchev–Trinajstić information content (AvgIpc) is 3.03. The Labute approximate surface area is 265 Å². The fourth-order valence-corrected chi connectivity index (χ4v) is 6.56. The Balaban J connectivity index is 1.81. The van der Waals surface area contributed by atoms with Crippen molar-refractivity contribution in [2.45, 2.75) is 51.1 Å². The minimum atomic E-state index is -4.20. The highest BCUT2D eigenvalue weighted by atomic mass is 35.5. The van der Waals surface area contributed by atoms with Gasteiger partial charge in [0.15, 0.2) is 0 Å². The van der Waals surface area contributed by atoms with Crippen LogP contribution in [0, 0.1) is 13.8 Å². The fraction of sp³-hybridized carbons (Fsp3) is 0.257. The Morgan fingerprint density at radius 2 is 1.43 bits per heavy atom. The number of benzene rings is 4. The molecule has 7 nitrogen and oxygen atoms in total. The third kappa shape index (κ3) is 8.07. The van der Waals surface area contributed by atoms with Gasteiger partial charge < -0.3 is 10.2 Å². The molecule has 0 aliphatic rings. The van der Waals surface area contributed by atoms with Crippen LogP contribution in [0.25, 0.3) is 0 Å². The molecule has 4 aromatic rings. The van der Waals surface area contributed by atoms with Crippen LogP contribution >= 0.6 is 11.6 Å². The monoisotopic (exact) mass is 631 g/mol. The van der Waals surface area contributed by atoms with Gasteiger partial charge in [0.25, 0.3) is 10.0 Å². The van der Waals surface area contributed by atoms with Gasteiger partial charge in [-0.1, -0.05) is 103 Å². The summed E-state index contributed by atoms with van der Waals surface area (Å²) in [6.07, 6.45) is 0.989. The van der Waals surface area contributed by atoms with Crippen molar-refractivity contribution in [3.8, 4) is 0 Å². The zero-order valence-corrected chi connectivity index (χ0v) is 26.8. The van der Waals surface area contributed by atoms with Crippen molar-refractivity contribution in [1.82, 2.24) is 10.2 Å². The van der Waals surface area contributed by atoms with E-state index in [1.54, 1.807) is 37.3 Å². The van der Waals surface area contributed by atoms with Gasteiger partial charge in [0.05, 0.1) is 10.6 Å². The Kier molecular flexibility index (Phi) is 11.2. The summed E-state index contributed by atoms with van der Waals surface area (Å²) in [4.78, 5) is 29.7. The zero-order chi connectivity index (χ0) is 31.7. The maximum atomic E-state index is 14.5. The molecule has 0 aromatic heterocycles. The van der Waals surface area contributed by atoms with Gasteiger partial charge >= 0.3 is 0 Å². The molecule has 4 rings (SSSR count). The smallest absolute Gasteiger partial charge is 0.264 e. The first-order chi connectivity index (χ1) is 21.1. The number of aryl methyl sites for hydroxylation is 1. The predicted octanol–water partition coefficient (Wildman–Crippen LogP) is 6.32. The van der Waals surface area contributed by atoms with Crippen molar-refractivity contribution < 1.29 is 18.0 Å². The molecule has 1 atom stereocenters. The summed E-state index contributed by atoms with van der Waals surface area (Å²) in [5.74, 6) is -0.816. The van der Waals surface area contributed by atoms with E-state index in [-0.39, 0.29) is 23.8 Å². The summed E-state index contributed by atoms with van der Waals surface area (Å²) in [6, 6.07) is 29.4. The van der Waals surface area contributed by atoms with Crippen molar-refractivity contribution in [2.75, 3.05) is 17.4 Å². The number of anilines is 1. The number of nitrogens with zero attached hydrogens (tertiary/aromatic N) is 2. The SMILES string of the molecule is CCCNC(=O)[C@@H](Cc1ccccc1)N(Cc1ccccc1)C(=O)CN(c1cccc(Cl)c1C)S(=O)(=O)c1ccc(C)cc1. The van der Waals surface area contributed by atoms with Crippen molar-refractivity contribution in [3.05, 3.63) is 130 Å². The van der Waals surface area contributed by atoms with Crippen molar-refractivity contribution >= 4 is 39.1 Å². The number of carbonyl (C=O) groups excluding carboxylic acids is 2. The van der Waals surface area contributed by atoms with E-state index >= 15 is 0 Å². The van der Waals surface area contributed by atoms with Gasteiger partial charge in [0.1, 0.15) is 12.6 Å². The molecular formula is C35H38ClN3O4S.